The van der Waals surface area contributed by atoms with Crippen molar-refractivity contribution in [3.05, 3.63) is 99.0 Å². The Kier molecular flexibility index (Phi) is 6.41. The molecule has 0 radical (unpaired) electrons. The lowest BCUT2D eigenvalue weighted by Gasteiger charge is -2.37. The highest BCUT2D eigenvalue weighted by molar-refractivity contribution is 7.90. The molecule has 1 N–H and O–H groups in total. The van der Waals surface area contributed by atoms with Crippen molar-refractivity contribution >= 4 is 39.1 Å². The molecular formula is C26H26Cl2N2O2S. The Bertz CT molecular complexity index is 1230. The van der Waals surface area contributed by atoms with Gasteiger partial charge in [-0.3, -0.25) is 4.72 Å². The summed E-state index contributed by atoms with van der Waals surface area (Å²) in [5, 5.41) is 0.748. The van der Waals surface area contributed by atoms with Gasteiger partial charge in [-0.1, -0.05) is 71.7 Å². The summed E-state index contributed by atoms with van der Waals surface area (Å²) in [6.45, 7) is 0.959. The molecule has 0 saturated carbocycles. The summed E-state index contributed by atoms with van der Waals surface area (Å²) >= 11 is 12.2. The van der Waals surface area contributed by atoms with Gasteiger partial charge in [-0.2, -0.15) is 12.7 Å². The second-order valence-corrected chi connectivity index (χ2v) is 11.4. The topological polar surface area (TPSA) is 49.4 Å². The minimum atomic E-state index is -3.75. The summed E-state index contributed by atoms with van der Waals surface area (Å²) in [5.74, 6) is 0.369. The number of rotatable bonds is 4. The number of aryl methyl sites for hydroxylation is 2. The number of nitrogens with zero attached hydrogens (tertiary/aromatic N) is 1. The number of hydrogen-bond donors (Lipinski definition) is 1. The van der Waals surface area contributed by atoms with E-state index in [0.717, 1.165) is 25.7 Å². The van der Waals surface area contributed by atoms with Crippen LogP contribution in [0.2, 0.25) is 10.0 Å². The summed E-state index contributed by atoms with van der Waals surface area (Å²) in [4.78, 5) is 0. The molecular weight excluding hydrogens is 475 g/mol. The van der Waals surface area contributed by atoms with Crippen molar-refractivity contribution in [2.24, 2.45) is 5.92 Å². The van der Waals surface area contributed by atoms with Crippen LogP contribution in [-0.2, 0) is 23.1 Å². The van der Waals surface area contributed by atoms with E-state index < -0.39 is 10.2 Å². The molecule has 1 unspecified atom stereocenters. The van der Waals surface area contributed by atoms with Crippen LogP contribution in [0.5, 0.6) is 0 Å². The third-order valence-electron chi connectivity index (χ3n) is 6.85. The second-order valence-electron chi connectivity index (χ2n) is 8.87. The number of hydrogen-bond acceptors (Lipinski definition) is 2. The predicted octanol–water partition coefficient (Wildman–Crippen LogP) is 6.29. The molecule has 1 saturated heterocycles. The monoisotopic (exact) mass is 500 g/mol. The van der Waals surface area contributed by atoms with Crippen LogP contribution in [0, 0.1) is 5.92 Å². The van der Waals surface area contributed by atoms with Crippen LogP contribution in [0.25, 0.3) is 0 Å². The Hall–Kier alpha value is -2.05. The van der Waals surface area contributed by atoms with Gasteiger partial charge in [-0.25, -0.2) is 0 Å². The van der Waals surface area contributed by atoms with E-state index in [1.165, 1.54) is 22.3 Å². The van der Waals surface area contributed by atoms with Crippen molar-refractivity contribution in [2.45, 2.75) is 31.6 Å². The minimum Gasteiger partial charge on any atom is -0.269 e. The van der Waals surface area contributed by atoms with Crippen molar-refractivity contribution in [3.8, 4) is 0 Å². The summed E-state index contributed by atoms with van der Waals surface area (Å²) in [6.07, 6.45) is 3.83. The molecule has 1 aliphatic heterocycles. The maximum absolute atomic E-state index is 13.3. The number of fused-ring (bicyclic) bond motifs is 2. The zero-order chi connectivity index (χ0) is 23.0. The first-order valence-electron chi connectivity index (χ1n) is 11.3. The summed E-state index contributed by atoms with van der Waals surface area (Å²) < 4.78 is 30.8. The first-order chi connectivity index (χ1) is 15.9. The van der Waals surface area contributed by atoms with E-state index in [0.29, 0.717) is 23.8 Å². The fourth-order valence-electron chi connectivity index (χ4n) is 5.32. The molecule has 1 aliphatic carbocycles. The van der Waals surface area contributed by atoms with Crippen molar-refractivity contribution in [3.63, 3.8) is 0 Å². The van der Waals surface area contributed by atoms with E-state index >= 15 is 0 Å². The van der Waals surface area contributed by atoms with Crippen molar-refractivity contribution in [1.82, 2.24) is 4.31 Å². The standard InChI is InChI=1S/C26H26Cl2N2O2S/c27-21-13-14-25(24(28)16-21)29-33(31,32)30-15-5-8-20(17-30)26-22-9-3-1-6-18(22)11-12-19-7-2-4-10-23(19)26/h1-4,6-7,9-10,13-14,16,20,26,29H,5,8,11-12,15,17H2. The van der Waals surface area contributed by atoms with Crippen molar-refractivity contribution in [1.29, 1.82) is 0 Å². The van der Waals surface area contributed by atoms with Crippen LogP contribution in [0.1, 0.15) is 41.0 Å². The second kappa shape index (κ2) is 9.30. The molecule has 1 fully saturated rings. The highest BCUT2D eigenvalue weighted by Crippen LogP contribution is 2.42. The van der Waals surface area contributed by atoms with E-state index in [1.807, 2.05) is 0 Å². The lowest BCUT2D eigenvalue weighted by molar-refractivity contribution is 0.249. The molecule has 3 aromatic carbocycles. The molecule has 3 aromatic rings. The van der Waals surface area contributed by atoms with Crippen LogP contribution in [-0.4, -0.2) is 25.8 Å². The SMILES string of the molecule is O=S(=O)(Nc1ccc(Cl)cc1Cl)N1CCCC(C2c3ccccc3CCc3ccccc32)C1. The third-order valence-corrected chi connectivity index (χ3v) is 8.88. The first kappa shape index (κ1) is 22.7. The van der Waals surface area contributed by atoms with Crippen molar-refractivity contribution in [2.75, 3.05) is 17.8 Å². The van der Waals surface area contributed by atoms with Gasteiger partial charge in [0.2, 0.25) is 0 Å². The molecule has 0 spiro atoms. The number of halogens is 2. The smallest absolute Gasteiger partial charge is 0.269 e. The lowest BCUT2D eigenvalue weighted by Crippen LogP contribution is -2.44. The van der Waals surface area contributed by atoms with Gasteiger partial charge in [-0.05, 0) is 72.1 Å². The van der Waals surface area contributed by atoms with Crippen LogP contribution in [0.15, 0.2) is 66.7 Å². The zero-order valence-corrected chi connectivity index (χ0v) is 20.5. The van der Waals surface area contributed by atoms with E-state index in [4.69, 9.17) is 23.2 Å². The van der Waals surface area contributed by atoms with Crippen LogP contribution in [0.4, 0.5) is 5.69 Å². The molecule has 33 heavy (non-hydrogen) atoms. The quantitative estimate of drug-likeness (QED) is 0.457. The number of anilines is 1. The van der Waals surface area contributed by atoms with Gasteiger partial charge in [0, 0.05) is 24.0 Å². The average Bonchev–Trinajstić information content (AvgIpc) is 2.98. The maximum Gasteiger partial charge on any atom is 0.301 e. The lowest BCUT2D eigenvalue weighted by atomic mass is 9.76. The van der Waals surface area contributed by atoms with Gasteiger partial charge in [-0.15, -0.1) is 0 Å². The van der Waals surface area contributed by atoms with Crippen LogP contribution >= 0.6 is 23.2 Å². The fraction of sp³-hybridized carbons (Fsp3) is 0.308. The Balaban J connectivity index is 1.46. The number of benzene rings is 3. The summed E-state index contributed by atoms with van der Waals surface area (Å²) in [5.41, 5.74) is 5.74. The molecule has 5 rings (SSSR count). The Morgan fingerprint density at radius 3 is 2.15 bits per heavy atom. The minimum absolute atomic E-state index is 0.178. The average molecular weight is 501 g/mol. The normalized spacial score (nSPS) is 19.4. The Labute approximate surface area is 205 Å². The molecule has 0 bridgehead atoms. The maximum atomic E-state index is 13.3. The molecule has 2 aliphatic rings. The van der Waals surface area contributed by atoms with Gasteiger partial charge in [0.05, 0.1) is 10.7 Å². The predicted molar refractivity (Wildman–Crippen MR) is 135 cm³/mol. The third kappa shape index (κ3) is 4.65. The van der Waals surface area contributed by atoms with Crippen molar-refractivity contribution < 1.29 is 8.42 Å². The zero-order valence-electron chi connectivity index (χ0n) is 18.2. The number of nitrogens with one attached hydrogen (secondary N) is 1. The Morgan fingerprint density at radius 1 is 0.879 bits per heavy atom. The molecule has 0 amide bonds. The number of piperidine rings is 1. The van der Waals surface area contributed by atoms with Gasteiger partial charge in [0.25, 0.3) is 0 Å². The van der Waals surface area contributed by atoms with Crippen LogP contribution < -0.4 is 4.72 Å². The largest absolute Gasteiger partial charge is 0.301 e. The van der Waals surface area contributed by atoms with Gasteiger partial charge < -0.3 is 0 Å². The van der Waals surface area contributed by atoms with Gasteiger partial charge in [0.15, 0.2) is 0 Å². The first-order valence-corrected chi connectivity index (χ1v) is 13.5. The van der Waals surface area contributed by atoms with Gasteiger partial charge in [0.1, 0.15) is 0 Å². The molecule has 172 valence electrons. The Morgan fingerprint density at radius 2 is 1.52 bits per heavy atom. The molecule has 1 heterocycles. The molecule has 4 nitrogen and oxygen atoms in total. The summed E-state index contributed by atoms with van der Waals surface area (Å²) in [6, 6.07) is 22.0. The van der Waals surface area contributed by atoms with E-state index in [2.05, 4.69) is 53.3 Å². The van der Waals surface area contributed by atoms with E-state index in [1.54, 1.807) is 22.5 Å². The van der Waals surface area contributed by atoms with Crippen LogP contribution in [0.3, 0.4) is 0 Å². The molecule has 0 aromatic heterocycles. The molecule has 1 atom stereocenters. The van der Waals surface area contributed by atoms with E-state index in [9.17, 15) is 8.42 Å². The summed E-state index contributed by atoms with van der Waals surface area (Å²) in [7, 11) is -3.75. The fourth-order valence-corrected chi connectivity index (χ4v) is 7.17. The molecule has 7 heteroatoms. The highest BCUT2D eigenvalue weighted by Gasteiger charge is 2.36. The van der Waals surface area contributed by atoms with E-state index in [-0.39, 0.29) is 16.9 Å². The highest BCUT2D eigenvalue weighted by atomic mass is 35.5. The van der Waals surface area contributed by atoms with Gasteiger partial charge >= 0.3 is 10.2 Å².